The lowest BCUT2D eigenvalue weighted by Gasteiger charge is -2.23. The number of aromatic nitrogens is 1. The van der Waals surface area contributed by atoms with E-state index in [0.29, 0.717) is 45.6 Å². The van der Waals surface area contributed by atoms with Crippen LogP contribution in [0.25, 0.3) is 0 Å². The van der Waals surface area contributed by atoms with Gasteiger partial charge in [-0.3, -0.25) is 9.59 Å². The molecule has 1 heterocycles. The van der Waals surface area contributed by atoms with Crippen molar-refractivity contribution in [2.75, 3.05) is 19.7 Å². The fraction of sp³-hybridized carbons (Fsp3) is 0.435. The first-order valence-corrected chi connectivity index (χ1v) is 10.5. The minimum Gasteiger partial charge on any atom is -0.461 e. The number of rotatable bonds is 8. The fourth-order valence-corrected chi connectivity index (χ4v) is 3.98. The standard InChI is InChI=1S/C23H27ClN2O4/c1-5-30-23(29)21-14(2)20(15(3)25(21)4)19(27)13-26(12-16-10-11-16)22(28)17-8-6-7-9-18(17)24/h6-9,16H,5,10-13H2,1-4H3. The van der Waals surface area contributed by atoms with Gasteiger partial charge in [-0.2, -0.15) is 0 Å². The number of Topliss-reactive ketones (excluding diaryl/α,β-unsaturated/α-hetero) is 1. The van der Waals surface area contributed by atoms with Gasteiger partial charge in [0.05, 0.1) is 23.7 Å². The van der Waals surface area contributed by atoms with E-state index in [0.717, 1.165) is 12.8 Å². The van der Waals surface area contributed by atoms with E-state index >= 15 is 0 Å². The molecule has 0 bridgehead atoms. The Balaban J connectivity index is 1.90. The highest BCUT2D eigenvalue weighted by atomic mass is 35.5. The highest BCUT2D eigenvalue weighted by Gasteiger charge is 2.32. The molecule has 1 aromatic heterocycles. The van der Waals surface area contributed by atoms with E-state index in [1.165, 1.54) is 0 Å². The molecule has 0 unspecified atom stereocenters. The Morgan fingerprint density at radius 1 is 1.20 bits per heavy atom. The summed E-state index contributed by atoms with van der Waals surface area (Å²) < 4.78 is 6.82. The Kier molecular flexibility index (Phi) is 6.66. The number of ketones is 1. The normalized spacial score (nSPS) is 13.2. The molecule has 2 aromatic rings. The van der Waals surface area contributed by atoms with Crippen LogP contribution in [-0.2, 0) is 11.8 Å². The van der Waals surface area contributed by atoms with Crippen molar-refractivity contribution in [1.29, 1.82) is 0 Å². The Hall–Kier alpha value is -2.60. The molecular formula is C23H27ClN2O4. The summed E-state index contributed by atoms with van der Waals surface area (Å²) in [6.45, 7) is 6.00. The molecule has 30 heavy (non-hydrogen) atoms. The molecule has 0 N–H and O–H groups in total. The van der Waals surface area contributed by atoms with E-state index in [4.69, 9.17) is 16.3 Å². The van der Waals surface area contributed by atoms with Gasteiger partial charge in [-0.15, -0.1) is 0 Å². The summed E-state index contributed by atoms with van der Waals surface area (Å²) in [4.78, 5) is 40.3. The molecule has 7 heteroatoms. The van der Waals surface area contributed by atoms with Gasteiger partial charge in [-0.05, 0) is 57.2 Å². The lowest BCUT2D eigenvalue weighted by Crippen LogP contribution is -2.37. The van der Waals surface area contributed by atoms with Crippen molar-refractivity contribution in [2.24, 2.45) is 13.0 Å². The molecule has 160 valence electrons. The van der Waals surface area contributed by atoms with Crippen LogP contribution in [0.4, 0.5) is 0 Å². The molecule has 0 aliphatic heterocycles. The van der Waals surface area contributed by atoms with E-state index in [1.54, 1.807) is 61.6 Å². The number of halogens is 1. The number of benzene rings is 1. The monoisotopic (exact) mass is 430 g/mol. The van der Waals surface area contributed by atoms with Crippen LogP contribution in [0.15, 0.2) is 24.3 Å². The second kappa shape index (κ2) is 9.04. The van der Waals surface area contributed by atoms with Crippen molar-refractivity contribution >= 4 is 29.3 Å². The molecular weight excluding hydrogens is 404 g/mol. The second-order valence-electron chi connectivity index (χ2n) is 7.75. The summed E-state index contributed by atoms with van der Waals surface area (Å²) in [5.41, 5.74) is 2.48. The Morgan fingerprint density at radius 2 is 1.87 bits per heavy atom. The van der Waals surface area contributed by atoms with Crippen LogP contribution < -0.4 is 0 Å². The number of nitrogens with zero attached hydrogens (tertiary/aromatic N) is 2. The fourth-order valence-electron chi connectivity index (χ4n) is 3.77. The highest BCUT2D eigenvalue weighted by Crippen LogP contribution is 2.31. The van der Waals surface area contributed by atoms with Crippen molar-refractivity contribution in [3.8, 4) is 0 Å². The van der Waals surface area contributed by atoms with E-state index in [-0.39, 0.29) is 24.8 Å². The molecule has 1 aliphatic carbocycles. The summed E-state index contributed by atoms with van der Waals surface area (Å²) in [7, 11) is 1.74. The molecule has 1 aromatic carbocycles. The Bertz CT molecular complexity index is 991. The van der Waals surface area contributed by atoms with Gasteiger partial charge in [0.1, 0.15) is 5.69 Å². The van der Waals surface area contributed by atoms with Crippen LogP contribution in [-0.4, -0.2) is 46.8 Å². The summed E-state index contributed by atoms with van der Waals surface area (Å²) in [5, 5.41) is 0.368. The van der Waals surface area contributed by atoms with Crippen LogP contribution in [0.5, 0.6) is 0 Å². The van der Waals surface area contributed by atoms with Gasteiger partial charge in [-0.25, -0.2) is 4.79 Å². The maximum absolute atomic E-state index is 13.3. The van der Waals surface area contributed by atoms with Gasteiger partial charge in [0.15, 0.2) is 5.78 Å². The zero-order valence-corrected chi connectivity index (χ0v) is 18.6. The van der Waals surface area contributed by atoms with Gasteiger partial charge in [0.25, 0.3) is 5.91 Å². The first kappa shape index (κ1) is 22.1. The van der Waals surface area contributed by atoms with Crippen molar-refractivity contribution in [2.45, 2.75) is 33.6 Å². The first-order chi connectivity index (χ1) is 14.3. The zero-order chi connectivity index (χ0) is 22.0. The van der Waals surface area contributed by atoms with Crippen molar-refractivity contribution in [3.05, 3.63) is 57.4 Å². The average molecular weight is 431 g/mol. The minimum absolute atomic E-state index is 0.0610. The molecule has 1 aliphatic rings. The molecule has 0 radical (unpaired) electrons. The molecule has 1 fully saturated rings. The third-order valence-corrected chi connectivity index (χ3v) is 5.91. The van der Waals surface area contributed by atoms with E-state index in [9.17, 15) is 14.4 Å². The molecule has 0 saturated heterocycles. The lowest BCUT2D eigenvalue weighted by molar-refractivity contribution is 0.0514. The Morgan fingerprint density at radius 3 is 2.47 bits per heavy atom. The number of hydrogen-bond donors (Lipinski definition) is 0. The quantitative estimate of drug-likeness (QED) is 0.464. The maximum atomic E-state index is 13.3. The topological polar surface area (TPSA) is 68.6 Å². The van der Waals surface area contributed by atoms with E-state index < -0.39 is 5.97 Å². The van der Waals surface area contributed by atoms with Crippen molar-refractivity contribution < 1.29 is 19.1 Å². The smallest absolute Gasteiger partial charge is 0.355 e. The van der Waals surface area contributed by atoms with Gasteiger partial charge in [0, 0.05) is 24.8 Å². The maximum Gasteiger partial charge on any atom is 0.355 e. The zero-order valence-electron chi connectivity index (χ0n) is 17.8. The largest absolute Gasteiger partial charge is 0.461 e. The van der Waals surface area contributed by atoms with Crippen LogP contribution >= 0.6 is 11.6 Å². The number of amides is 1. The van der Waals surface area contributed by atoms with Crippen molar-refractivity contribution in [1.82, 2.24) is 9.47 Å². The molecule has 3 rings (SSSR count). The van der Waals surface area contributed by atoms with E-state index in [1.807, 2.05) is 0 Å². The number of carbonyl (C=O) groups excluding carboxylic acids is 3. The number of ether oxygens (including phenoxy) is 1. The molecule has 0 spiro atoms. The third kappa shape index (κ3) is 4.43. The van der Waals surface area contributed by atoms with Gasteiger partial charge < -0.3 is 14.2 Å². The van der Waals surface area contributed by atoms with Crippen LogP contribution in [0.1, 0.15) is 62.2 Å². The first-order valence-electron chi connectivity index (χ1n) is 10.2. The van der Waals surface area contributed by atoms with Crippen molar-refractivity contribution in [3.63, 3.8) is 0 Å². The van der Waals surface area contributed by atoms with E-state index in [2.05, 4.69) is 0 Å². The predicted octanol–water partition coefficient (Wildman–Crippen LogP) is 4.21. The molecule has 6 nitrogen and oxygen atoms in total. The summed E-state index contributed by atoms with van der Waals surface area (Å²) in [6.07, 6.45) is 2.10. The summed E-state index contributed by atoms with van der Waals surface area (Å²) in [6, 6.07) is 6.87. The molecule has 1 saturated carbocycles. The highest BCUT2D eigenvalue weighted by molar-refractivity contribution is 6.33. The third-order valence-electron chi connectivity index (χ3n) is 5.58. The minimum atomic E-state index is -0.457. The summed E-state index contributed by atoms with van der Waals surface area (Å²) >= 11 is 6.22. The lowest BCUT2D eigenvalue weighted by atomic mass is 10.0. The van der Waals surface area contributed by atoms with Gasteiger partial charge >= 0.3 is 5.97 Å². The SMILES string of the molecule is CCOC(=O)c1c(C)c(C(=O)CN(CC2CC2)C(=O)c2ccccc2Cl)c(C)n1C. The average Bonchev–Trinajstić information content (AvgIpc) is 3.48. The van der Waals surface area contributed by atoms with Crippen LogP contribution in [0.3, 0.4) is 0 Å². The summed E-state index contributed by atoms with van der Waals surface area (Å²) in [5.74, 6) is -0.492. The van der Waals surface area contributed by atoms with Crippen LogP contribution in [0, 0.1) is 19.8 Å². The molecule has 1 amide bonds. The second-order valence-corrected chi connectivity index (χ2v) is 8.15. The van der Waals surface area contributed by atoms with Gasteiger partial charge in [-0.1, -0.05) is 23.7 Å². The van der Waals surface area contributed by atoms with Crippen LogP contribution in [0.2, 0.25) is 5.02 Å². The predicted molar refractivity (Wildman–Crippen MR) is 115 cm³/mol. The number of esters is 1. The van der Waals surface area contributed by atoms with Gasteiger partial charge in [0.2, 0.25) is 0 Å². The molecule has 0 atom stereocenters. The Labute approximate surface area is 181 Å². The number of carbonyl (C=O) groups is 3. The number of hydrogen-bond acceptors (Lipinski definition) is 4.